The zero-order valence-electron chi connectivity index (χ0n) is 11.3. The molecule has 19 heavy (non-hydrogen) atoms. The standard InChI is InChI=1S/C14H18N4O/c1-17(2)13-7-3-6-12-11(9-19)16-14(18(12)13)10-5-4-8-15-10/h3,6-7,9-10,15H,4-5,8H2,1-2H3. The molecule has 1 aliphatic heterocycles. The summed E-state index contributed by atoms with van der Waals surface area (Å²) in [5, 5.41) is 3.45. The molecular formula is C14H18N4O. The average molecular weight is 258 g/mol. The monoisotopic (exact) mass is 258 g/mol. The Labute approximate surface area is 112 Å². The van der Waals surface area contributed by atoms with E-state index in [1.54, 1.807) is 0 Å². The summed E-state index contributed by atoms with van der Waals surface area (Å²) in [7, 11) is 4.00. The molecule has 1 atom stereocenters. The summed E-state index contributed by atoms with van der Waals surface area (Å²) in [4.78, 5) is 17.8. The molecule has 1 aliphatic rings. The summed E-state index contributed by atoms with van der Waals surface area (Å²) in [5.41, 5.74) is 1.40. The smallest absolute Gasteiger partial charge is 0.170 e. The topological polar surface area (TPSA) is 49.6 Å². The molecule has 0 saturated carbocycles. The molecule has 100 valence electrons. The van der Waals surface area contributed by atoms with E-state index in [0.717, 1.165) is 42.8 Å². The Morgan fingerprint density at radius 1 is 1.47 bits per heavy atom. The van der Waals surface area contributed by atoms with Crippen LogP contribution in [0.2, 0.25) is 0 Å². The minimum Gasteiger partial charge on any atom is -0.364 e. The number of carbonyl (C=O) groups excluding carboxylic acids is 1. The number of nitrogens with one attached hydrogen (secondary N) is 1. The van der Waals surface area contributed by atoms with Crippen molar-refractivity contribution in [3.05, 3.63) is 29.7 Å². The maximum Gasteiger partial charge on any atom is 0.170 e. The summed E-state index contributed by atoms with van der Waals surface area (Å²) in [6, 6.07) is 6.19. The molecule has 3 heterocycles. The van der Waals surface area contributed by atoms with Gasteiger partial charge in [-0.15, -0.1) is 0 Å². The second-order valence-corrected chi connectivity index (χ2v) is 5.12. The van der Waals surface area contributed by atoms with Crippen molar-refractivity contribution >= 4 is 17.6 Å². The molecule has 2 aromatic rings. The lowest BCUT2D eigenvalue weighted by molar-refractivity contribution is 0.112. The predicted octanol–water partition coefficient (Wildman–Crippen LogP) is 1.64. The Morgan fingerprint density at radius 2 is 2.32 bits per heavy atom. The van der Waals surface area contributed by atoms with Crippen molar-refractivity contribution < 1.29 is 4.79 Å². The zero-order chi connectivity index (χ0) is 13.4. The van der Waals surface area contributed by atoms with Crippen molar-refractivity contribution in [2.24, 2.45) is 0 Å². The molecule has 0 aromatic carbocycles. The Bertz CT molecular complexity index is 611. The van der Waals surface area contributed by atoms with Crippen LogP contribution in [0.1, 0.15) is 35.2 Å². The van der Waals surface area contributed by atoms with Crippen molar-refractivity contribution in [1.29, 1.82) is 0 Å². The number of pyridine rings is 1. The van der Waals surface area contributed by atoms with E-state index in [9.17, 15) is 4.79 Å². The number of aldehydes is 1. The molecule has 1 saturated heterocycles. The van der Waals surface area contributed by atoms with Gasteiger partial charge in [-0.1, -0.05) is 6.07 Å². The van der Waals surface area contributed by atoms with Crippen LogP contribution in [0.3, 0.4) is 0 Å². The third-order valence-corrected chi connectivity index (χ3v) is 3.64. The lowest BCUT2D eigenvalue weighted by atomic mass is 10.2. The van der Waals surface area contributed by atoms with Crippen LogP contribution in [0, 0.1) is 0 Å². The number of fused-ring (bicyclic) bond motifs is 1. The van der Waals surface area contributed by atoms with Crippen molar-refractivity contribution in [1.82, 2.24) is 14.7 Å². The van der Waals surface area contributed by atoms with Crippen LogP contribution in [0.25, 0.3) is 5.52 Å². The van der Waals surface area contributed by atoms with Gasteiger partial charge in [0.25, 0.3) is 0 Å². The largest absolute Gasteiger partial charge is 0.364 e. The fourth-order valence-corrected chi connectivity index (χ4v) is 2.74. The van der Waals surface area contributed by atoms with Gasteiger partial charge < -0.3 is 10.2 Å². The molecule has 0 radical (unpaired) electrons. The molecule has 3 rings (SSSR count). The highest BCUT2D eigenvalue weighted by Crippen LogP contribution is 2.28. The fourth-order valence-electron chi connectivity index (χ4n) is 2.74. The van der Waals surface area contributed by atoms with Gasteiger partial charge in [-0.3, -0.25) is 9.20 Å². The first-order valence-corrected chi connectivity index (χ1v) is 6.59. The van der Waals surface area contributed by atoms with E-state index in [4.69, 9.17) is 0 Å². The fraction of sp³-hybridized carbons (Fsp3) is 0.429. The maximum atomic E-state index is 11.2. The number of aromatic nitrogens is 2. The Kier molecular flexibility index (Phi) is 2.98. The van der Waals surface area contributed by atoms with E-state index in [2.05, 4.69) is 14.7 Å². The number of rotatable bonds is 3. The van der Waals surface area contributed by atoms with E-state index >= 15 is 0 Å². The molecule has 2 aromatic heterocycles. The molecule has 0 spiro atoms. The summed E-state index contributed by atoms with van der Waals surface area (Å²) >= 11 is 0. The van der Waals surface area contributed by atoms with E-state index in [1.165, 1.54) is 0 Å². The molecule has 5 heteroatoms. The number of carbonyl (C=O) groups is 1. The van der Waals surface area contributed by atoms with Gasteiger partial charge in [-0.2, -0.15) is 0 Å². The maximum absolute atomic E-state index is 11.2. The predicted molar refractivity (Wildman–Crippen MR) is 74.9 cm³/mol. The quantitative estimate of drug-likeness (QED) is 0.850. The van der Waals surface area contributed by atoms with Crippen LogP contribution >= 0.6 is 0 Å². The second-order valence-electron chi connectivity index (χ2n) is 5.12. The number of imidazole rings is 1. The molecule has 0 bridgehead atoms. The van der Waals surface area contributed by atoms with Gasteiger partial charge in [0.15, 0.2) is 6.29 Å². The second kappa shape index (κ2) is 4.66. The lowest BCUT2D eigenvalue weighted by Crippen LogP contribution is -2.19. The summed E-state index contributed by atoms with van der Waals surface area (Å²) in [6.07, 6.45) is 3.06. The van der Waals surface area contributed by atoms with Crippen molar-refractivity contribution in [2.75, 3.05) is 25.5 Å². The number of anilines is 1. The third kappa shape index (κ3) is 1.90. The van der Waals surface area contributed by atoms with Gasteiger partial charge in [-0.05, 0) is 31.5 Å². The SMILES string of the molecule is CN(C)c1cccc2c(C=O)nc(C3CCCN3)n12. The van der Waals surface area contributed by atoms with Crippen molar-refractivity contribution in [2.45, 2.75) is 18.9 Å². The Hall–Kier alpha value is -1.88. The number of hydrogen-bond acceptors (Lipinski definition) is 4. The van der Waals surface area contributed by atoms with Crippen molar-refractivity contribution in [3.63, 3.8) is 0 Å². The van der Waals surface area contributed by atoms with E-state index in [-0.39, 0.29) is 6.04 Å². The van der Waals surface area contributed by atoms with E-state index in [1.807, 2.05) is 37.2 Å². The first kappa shape index (κ1) is 12.2. The lowest BCUT2D eigenvalue weighted by Gasteiger charge is -2.18. The average Bonchev–Trinajstić information content (AvgIpc) is 3.04. The molecular weight excluding hydrogens is 240 g/mol. The summed E-state index contributed by atoms with van der Waals surface area (Å²) in [5.74, 6) is 1.99. The van der Waals surface area contributed by atoms with Gasteiger partial charge in [0, 0.05) is 14.1 Å². The Morgan fingerprint density at radius 3 is 2.95 bits per heavy atom. The third-order valence-electron chi connectivity index (χ3n) is 3.64. The van der Waals surface area contributed by atoms with Crippen LogP contribution in [-0.2, 0) is 0 Å². The Balaban J connectivity index is 2.27. The normalized spacial score (nSPS) is 18.9. The van der Waals surface area contributed by atoms with Crippen LogP contribution in [0.15, 0.2) is 18.2 Å². The number of nitrogens with zero attached hydrogens (tertiary/aromatic N) is 3. The molecule has 0 amide bonds. The van der Waals surface area contributed by atoms with Gasteiger partial charge in [0.2, 0.25) is 0 Å². The van der Waals surface area contributed by atoms with E-state index in [0.29, 0.717) is 5.69 Å². The highest BCUT2D eigenvalue weighted by molar-refractivity contribution is 5.84. The van der Waals surface area contributed by atoms with Crippen LogP contribution in [-0.4, -0.2) is 36.3 Å². The highest BCUT2D eigenvalue weighted by atomic mass is 16.1. The first-order valence-electron chi connectivity index (χ1n) is 6.59. The zero-order valence-corrected chi connectivity index (χ0v) is 11.3. The highest BCUT2D eigenvalue weighted by Gasteiger charge is 2.24. The minimum atomic E-state index is 0.238. The van der Waals surface area contributed by atoms with Gasteiger partial charge >= 0.3 is 0 Å². The number of hydrogen-bond donors (Lipinski definition) is 1. The molecule has 5 nitrogen and oxygen atoms in total. The van der Waals surface area contributed by atoms with Gasteiger partial charge in [0.05, 0.1) is 11.6 Å². The van der Waals surface area contributed by atoms with Gasteiger partial charge in [0.1, 0.15) is 17.3 Å². The molecule has 0 aliphatic carbocycles. The van der Waals surface area contributed by atoms with Crippen molar-refractivity contribution in [3.8, 4) is 0 Å². The molecule has 1 fully saturated rings. The first-order chi connectivity index (χ1) is 9.22. The van der Waals surface area contributed by atoms with Crippen LogP contribution < -0.4 is 10.2 Å². The van der Waals surface area contributed by atoms with Crippen LogP contribution in [0.5, 0.6) is 0 Å². The van der Waals surface area contributed by atoms with Gasteiger partial charge in [-0.25, -0.2) is 4.98 Å². The van der Waals surface area contributed by atoms with Crippen LogP contribution in [0.4, 0.5) is 5.82 Å². The molecule has 1 unspecified atom stereocenters. The molecule has 1 N–H and O–H groups in total. The summed E-state index contributed by atoms with van der Waals surface area (Å²) < 4.78 is 2.09. The summed E-state index contributed by atoms with van der Waals surface area (Å²) in [6.45, 7) is 1.01. The van der Waals surface area contributed by atoms with E-state index < -0.39 is 0 Å². The minimum absolute atomic E-state index is 0.238.